The average Bonchev–Trinajstić information content (AvgIpc) is 2.78. The molecule has 1 aliphatic heterocycles. The largest absolute Gasteiger partial charge is 0.387 e. The highest BCUT2D eigenvalue weighted by atomic mass is 19.3. The van der Waals surface area contributed by atoms with Crippen molar-refractivity contribution in [2.24, 2.45) is 0 Å². The Hall–Kier alpha value is -1.47. The highest BCUT2D eigenvalue weighted by molar-refractivity contribution is 5.93. The second kappa shape index (κ2) is 6.34. The Morgan fingerprint density at radius 1 is 1.45 bits per heavy atom. The summed E-state index contributed by atoms with van der Waals surface area (Å²) in [6.07, 6.45) is 1.26. The zero-order chi connectivity index (χ0) is 16.5. The van der Waals surface area contributed by atoms with Crippen LogP contribution in [0.15, 0.2) is 12.1 Å². The third-order valence-corrected chi connectivity index (χ3v) is 3.99. The summed E-state index contributed by atoms with van der Waals surface area (Å²) < 4.78 is 27.0. The lowest BCUT2D eigenvalue weighted by Gasteiger charge is -2.40. The maximum absolute atomic E-state index is 13.1. The normalized spacial score (nSPS) is 22.6. The second-order valence-corrected chi connectivity index (χ2v) is 6.30. The molecule has 5 nitrogen and oxygen atoms in total. The first-order valence-corrected chi connectivity index (χ1v) is 7.36. The quantitative estimate of drug-likeness (QED) is 0.920. The van der Waals surface area contributed by atoms with E-state index < -0.39 is 18.1 Å². The van der Waals surface area contributed by atoms with Gasteiger partial charge in [-0.3, -0.25) is 9.36 Å². The Kier molecular flexibility index (Phi) is 4.87. The van der Waals surface area contributed by atoms with Crippen molar-refractivity contribution in [1.82, 2.24) is 14.4 Å². The minimum absolute atomic E-state index is 0.0263. The molecule has 1 aromatic rings. The average molecular weight is 315 g/mol. The molecule has 1 amide bonds. The lowest BCUT2D eigenvalue weighted by atomic mass is 9.92. The van der Waals surface area contributed by atoms with E-state index in [1.807, 2.05) is 19.0 Å². The topological polar surface area (TPSA) is 48.7 Å². The number of halogens is 2. The SMILES string of the molecule is Cc1ccc(C(=O)N2CCC[C@](O)(CN(C)C)C2)n1C(F)F. The van der Waals surface area contributed by atoms with Crippen LogP contribution in [0.4, 0.5) is 8.78 Å². The Balaban J connectivity index is 2.19. The number of amides is 1. The van der Waals surface area contributed by atoms with Crippen LogP contribution in [-0.2, 0) is 0 Å². The van der Waals surface area contributed by atoms with Crippen LogP contribution in [0.5, 0.6) is 0 Å². The van der Waals surface area contributed by atoms with E-state index in [1.54, 1.807) is 6.92 Å². The zero-order valence-corrected chi connectivity index (χ0v) is 13.2. The van der Waals surface area contributed by atoms with Crippen molar-refractivity contribution >= 4 is 5.91 Å². The van der Waals surface area contributed by atoms with Gasteiger partial charge < -0.3 is 14.9 Å². The van der Waals surface area contributed by atoms with Gasteiger partial charge in [-0.15, -0.1) is 0 Å². The molecule has 1 N–H and O–H groups in total. The van der Waals surface area contributed by atoms with E-state index in [9.17, 15) is 18.7 Å². The van der Waals surface area contributed by atoms with Crippen LogP contribution in [-0.4, -0.2) is 64.7 Å². The molecule has 2 heterocycles. The summed E-state index contributed by atoms with van der Waals surface area (Å²) >= 11 is 0. The van der Waals surface area contributed by atoms with Crippen molar-refractivity contribution in [3.8, 4) is 0 Å². The van der Waals surface area contributed by atoms with E-state index in [4.69, 9.17) is 0 Å². The summed E-state index contributed by atoms with van der Waals surface area (Å²) in [5.74, 6) is -0.453. The predicted octanol–water partition coefficient (Wildman–Crippen LogP) is 1.72. The number of aryl methyl sites for hydroxylation is 1. The first kappa shape index (κ1) is 16.9. The van der Waals surface area contributed by atoms with Crippen molar-refractivity contribution < 1.29 is 18.7 Å². The van der Waals surface area contributed by atoms with Crippen molar-refractivity contribution in [3.63, 3.8) is 0 Å². The molecule has 1 aliphatic rings. The molecular formula is C15H23F2N3O2. The van der Waals surface area contributed by atoms with Gasteiger partial charge in [0.25, 0.3) is 5.91 Å². The smallest absolute Gasteiger partial charge is 0.319 e. The van der Waals surface area contributed by atoms with Crippen LogP contribution < -0.4 is 0 Å². The number of β-amino-alcohol motifs (C(OH)–C–C–N with tert-alkyl or cyclic N) is 1. The number of piperidine rings is 1. The number of aromatic nitrogens is 1. The molecule has 7 heteroatoms. The maximum Gasteiger partial charge on any atom is 0.319 e. The van der Waals surface area contributed by atoms with Crippen LogP contribution >= 0.6 is 0 Å². The molecule has 0 spiro atoms. The number of carbonyl (C=O) groups excluding carboxylic acids is 1. The summed E-state index contributed by atoms with van der Waals surface area (Å²) in [5.41, 5.74) is -0.671. The molecule has 0 radical (unpaired) electrons. The highest BCUT2D eigenvalue weighted by Gasteiger charge is 2.36. The van der Waals surface area contributed by atoms with Crippen LogP contribution in [0.25, 0.3) is 0 Å². The van der Waals surface area contributed by atoms with Gasteiger partial charge >= 0.3 is 6.55 Å². The first-order chi connectivity index (χ1) is 10.2. The maximum atomic E-state index is 13.1. The number of nitrogens with zero attached hydrogens (tertiary/aromatic N) is 3. The van der Waals surface area contributed by atoms with Crippen molar-refractivity contribution in [1.29, 1.82) is 0 Å². The number of likely N-dealkylation sites (N-methyl/N-ethyl adjacent to an activating group) is 1. The van der Waals surface area contributed by atoms with Gasteiger partial charge in [0.05, 0.1) is 12.1 Å². The van der Waals surface area contributed by atoms with Crippen molar-refractivity contribution in [2.45, 2.75) is 31.9 Å². The molecule has 0 bridgehead atoms. The molecule has 1 saturated heterocycles. The number of aliphatic hydroxyl groups is 1. The van der Waals surface area contributed by atoms with E-state index in [0.717, 1.165) is 4.57 Å². The zero-order valence-electron chi connectivity index (χ0n) is 13.2. The summed E-state index contributed by atoms with van der Waals surface area (Å²) in [6.45, 7) is -0.133. The highest BCUT2D eigenvalue weighted by Crippen LogP contribution is 2.25. The standard InChI is InChI=1S/C15H23F2N3O2/c1-11-5-6-12(20(11)14(16)17)13(21)19-8-4-7-15(22,10-19)9-18(2)3/h5-6,14,22H,4,7-10H2,1-3H3/t15-/m0/s1. The fourth-order valence-electron chi connectivity index (χ4n) is 3.15. The summed E-state index contributed by atoms with van der Waals surface area (Å²) in [5, 5.41) is 10.6. The number of hydrogen-bond donors (Lipinski definition) is 1. The van der Waals surface area contributed by atoms with E-state index in [2.05, 4.69) is 0 Å². The van der Waals surface area contributed by atoms with Gasteiger partial charge in [0.15, 0.2) is 0 Å². The van der Waals surface area contributed by atoms with Gasteiger partial charge in [-0.05, 0) is 46.0 Å². The Morgan fingerprint density at radius 3 is 2.73 bits per heavy atom. The molecule has 0 aliphatic carbocycles. The first-order valence-electron chi connectivity index (χ1n) is 7.36. The molecule has 2 rings (SSSR count). The van der Waals surface area contributed by atoms with Gasteiger partial charge in [0, 0.05) is 18.8 Å². The lowest BCUT2D eigenvalue weighted by Crippen LogP contribution is -2.54. The molecular weight excluding hydrogens is 292 g/mol. The number of rotatable bonds is 4. The molecule has 1 fully saturated rings. The van der Waals surface area contributed by atoms with Crippen LogP contribution in [0.1, 0.15) is 35.6 Å². The van der Waals surface area contributed by atoms with Gasteiger partial charge in [0.1, 0.15) is 5.69 Å². The fourth-order valence-corrected chi connectivity index (χ4v) is 3.15. The molecule has 0 saturated carbocycles. The van der Waals surface area contributed by atoms with Gasteiger partial charge in [-0.25, -0.2) is 0 Å². The van der Waals surface area contributed by atoms with Crippen LogP contribution in [0.2, 0.25) is 0 Å². The number of likely N-dealkylation sites (tertiary alicyclic amines) is 1. The van der Waals surface area contributed by atoms with Crippen molar-refractivity contribution in [2.75, 3.05) is 33.7 Å². The predicted molar refractivity (Wildman–Crippen MR) is 79.1 cm³/mol. The third kappa shape index (κ3) is 3.47. The van der Waals surface area contributed by atoms with Crippen molar-refractivity contribution in [3.05, 3.63) is 23.5 Å². The minimum Gasteiger partial charge on any atom is -0.387 e. The molecule has 124 valence electrons. The Labute approximate surface area is 129 Å². The van der Waals surface area contributed by atoms with E-state index in [0.29, 0.717) is 31.6 Å². The molecule has 1 atom stereocenters. The van der Waals surface area contributed by atoms with Gasteiger partial charge in [-0.1, -0.05) is 0 Å². The fraction of sp³-hybridized carbons (Fsp3) is 0.667. The summed E-state index contributed by atoms with van der Waals surface area (Å²) in [6, 6.07) is 2.93. The van der Waals surface area contributed by atoms with E-state index >= 15 is 0 Å². The van der Waals surface area contributed by atoms with Crippen LogP contribution in [0.3, 0.4) is 0 Å². The minimum atomic E-state index is -2.75. The number of hydrogen-bond acceptors (Lipinski definition) is 3. The third-order valence-electron chi connectivity index (χ3n) is 3.99. The second-order valence-electron chi connectivity index (χ2n) is 6.30. The monoisotopic (exact) mass is 315 g/mol. The number of carbonyl (C=O) groups is 1. The Morgan fingerprint density at radius 2 is 2.14 bits per heavy atom. The van der Waals surface area contributed by atoms with E-state index in [1.165, 1.54) is 17.0 Å². The van der Waals surface area contributed by atoms with Gasteiger partial charge in [-0.2, -0.15) is 8.78 Å². The van der Waals surface area contributed by atoms with E-state index in [-0.39, 0.29) is 12.2 Å². The molecule has 0 unspecified atom stereocenters. The summed E-state index contributed by atoms with van der Waals surface area (Å²) in [7, 11) is 3.70. The molecule has 22 heavy (non-hydrogen) atoms. The van der Waals surface area contributed by atoms with Gasteiger partial charge in [0.2, 0.25) is 0 Å². The van der Waals surface area contributed by atoms with Crippen LogP contribution in [0, 0.1) is 6.92 Å². The summed E-state index contributed by atoms with van der Waals surface area (Å²) in [4.78, 5) is 15.9. The number of alkyl halides is 2. The molecule has 1 aromatic heterocycles. The lowest BCUT2D eigenvalue weighted by molar-refractivity contribution is -0.0397. The molecule has 0 aromatic carbocycles. The Bertz CT molecular complexity index is 545.